The van der Waals surface area contributed by atoms with Crippen molar-refractivity contribution in [3.8, 4) is 0 Å². The Morgan fingerprint density at radius 1 is 1.73 bits per heavy atom. The van der Waals surface area contributed by atoms with Gasteiger partial charge in [-0.15, -0.1) is 0 Å². The van der Waals surface area contributed by atoms with Crippen molar-refractivity contribution in [2.75, 3.05) is 5.32 Å². The Morgan fingerprint density at radius 3 is 3.00 bits per heavy atom. The molecule has 1 amide bonds. The van der Waals surface area contributed by atoms with Crippen LogP contribution in [-0.4, -0.2) is 15.7 Å². The quantitative estimate of drug-likeness (QED) is 0.765. The highest BCUT2D eigenvalue weighted by Crippen LogP contribution is 2.36. The van der Waals surface area contributed by atoms with Crippen LogP contribution >= 0.6 is 0 Å². The lowest BCUT2D eigenvalue weighted by Crippen LogP contribution is -2.10. The van der Waals surface area contributed by atoms with E-state index in [4.69, 9.17) is 0 Å². The molecule has 1 fully saturated rings. The zero-order valence-electron chi connectivity index (χ0n) is 8.86. The maximum Gasteiger partial charge on any atom is 0.248 e. The van der Waals surface area contributed by atoms with E-state index in [1.54, 1.807) is 4.68 Å². The van der Waals surface area contributed by atoms with Crippen LogP contribution in [-0.2, 0) is 11.8 Å². The SMILES string of the molecule is C=CC(=O)Nc1cc(C2CCC2)nn1C. The fourth-order valence-electron chi connectivity index (χ4n) is 1.69. The number of carbonyl (C=O) groups excluding carboxylic acids is 1. The van der Waals surface area contributed by atoms with Crippen molar-refractivity contribution in [1.29, 1.82) is 0 Å². The number of hydrogen-bond donors (Lipinski definition) is 1. The molecule has 0 atom stereocenters. The van der Waals surface area contributed by atoms with Crippen LogP contribution in [0.2, 0.25) is 0 Å². The highest BCUT2D eigenvalue weighted by Gasteiger charge is 2.23. The molecule has 0 unspecified atom stereocenters. The van der Waals surface area contributed by atoms with Gasteiger partial charge in [0.2, 0.25) is 5.91 Å². The number of rotatable bonds is 3. The number of anilines is 1. The Balaban J connectivity index is 2.13. The van der Waals surface area contributed by atoms with Gasteiger partial charge in [0.15, 0.2) is 0 Å². The van der Waals surface area contributed by atoms with Crippen LogP contribution in [0.1, 0.15) is 30.9 Å². The number of nitrogens with zero attached hydrogens (tertiary/aromatic N) is 2. The van der Waals surface area contributed by atoms with Gasteiger partial charge in [-0.05, 0) is 18.9 Å². The molecule has 1 heterocycles. The van der Waals surface area contributed by atoms with E-state index in [1.165, 1.54) is 25.3 Å². The second kappa shape index (κ2) is 3.88. The summed E-state index contributed by atoms with van der Waals surface area (Å²) in [6.45, 7) is 3.41. The molecule has 0 spiro atoms. The van der Waals surface area contributed by atoms with E-state index in [1.807, 2.05) is 13.1 Å². The van der Waals surface area contributed by atoms with E-state index in [-0.39, 0.29) is 5.91 Å². The molecule has 4 heteroatoms. The summed E-state index contributed by atoms with van der Waals surface area (Å²) in [5, 5.41) is 7.11. The molecule has 2 rings (SSSR count). The molecule has 1 N–H and O–H groups in total. The summed E-state index contributed by atoms with van der Waals surface area (Å²) in [4.78, 5) is 11.1. The van der Waals surface area contributed by atoms with E-state index < -0.39 is 0 Å². The van der Waals surface area contributed by atoms with Crippen LogP contribution < -0.4 is 5.32 Å². The first kappa shape index (κ1) is 9.96. The van der Waals surface area contributed by atoms with Crippen molar-refractivity contribution < 1.29 is 4.79 Å². The Kier molecular flexibility index (Phi) is 2.58. The molecule has 15 heavy (non-hydrogen) atoms. The molecule has 0 saturated heterocycles. The first-order valence-electron chi connectivity index (χ1n) is 5.18. The summed E-state index contributed by atoms with van der Waals surface area (Å²) in [5.74, 6) is 1.13. The molecule has 1 aliphatic carbocycles. The predicted molar refractivity (Wildman–Crippen MR) is 58.6 cm³/mol. The zero-order valence-corrected chi connectivity index (χ0v) is 8.86. The molecule has 1 saturated carbocycles. The second-order valence-corrected chi connectivity index (χ2v) is 3.90. The number of amides is 1. The second-order valence-electron chi connectivity index (χ2n) is 3.90. The lowest BCUT2D eigenvalue weighted by molar-refractivity contribution is -0.111. The smallest absolute Gasteiger partial charge is 0.248 e. The van der Waals surface area contributed by atoms with Crippen molar-refractivity contribution in [3.05, 3.63) is 24.4 Å². The number of aryl methyl sites for hydroxylation is 1. The lowest BCUT2D eigenvalue weighted by atomic mass is 9.83. The average molecular weight is 205 g/mol. The van der Waals surface area contributed by atoms with E-state index in [2.05, 4.69) is 17.0 Å². The van der Waals surface area contributed by atoms with Gasteiger partial charge in [0, 0.05) is 19.0 Å². The number of carbonyl (C=O) groups is 1. The van der Waals surface area contributed by atoms with Crippen LogP contribution in [0.25, 0.3) is 0 Å². The molecular weight excluding hydrogens is 190 g/mol. The van der Waals surface area contributed by atoms with Crippen LogP contribution in [0.5, 0.6) is 0 Å². The predicted octanol–water partition coefficient (Wildman–Crippen LogP) is 1.81. The zero-order chi connectivity index (χ0) is 10.8. The molecule has 80 valence electrons. The highest BCUT2D eigenvalue weighted by atomic mass is 16.1. The third-order valence-electron chi connectivity index (χ3n) is 2.86. The standard InChI is InChI=1S/C11H15N3O/c1-3-11(15)12-10-7-9(13-14(10)2)8-5-4-6-8/h3,7-8H,1,4-6H2,2H3,(H,12,15). The fourth-order valence-corrected chi connectivity index (χ4v) is 1.69. The number of hydrogen-bond acceptors (Lipinski definition) is 2. The van der Waals surface area contributed by atoms with E-state index >= 15 is 0 Å². The molecule has 0 bridgehead atoms. The van der Waals surface area contributed by atoms with E-state index in [0.29, 0.717) is 5.92 Å². The highest BCUT2D eigenvalue weighted by molar-refractivity contribution is 5.98. The van der Waals surface area contributed by atoms with Gasteiger partial charge in [-0.2, -0.15) is 5.10 Å². The van der Waals surface area contributed by atoms with Crippen LogP contribution in [0.4, 0.5) is 5.82 Å². The van der Waals surface area contributed by atoms with Gasteiger partial charge in [-0.25, -0.2) is 0 Å². The van der Waals surface area contributed by atoms with Crippen molar-refractivity contribution in [1.82, 2.24) is 9.78 Å². The van der Waals surface area contributed by atoms with Gasteiger partial charge in [0.25, 0.3) is 0 Å². The molecule has 1 aromatic heterocycles. The van der Waals surface area contributed by atoms with Gasteiger partial charge in [-0.1, -0.05) is 13.0 Å². The molecule has 4 nitrogen and oxygen atoms in total. The van der Waals surface area contributed by atoms with Crippen molar-refractivity contribution in [3.63, 3.8) is 0 Å². The largest absolute Gasteiger partial charge is 0.307 e. The van der Waals surface area contributed by atoms with Gasteiger partial charge in [0.05, 0.1) is 5.69 Å². The summed E-state index contributed by atoms with van der Waals surface area (Å²) in [6, 6.07) is 1.95. The van der Waals surface area contributed by atoms with E-state index in [9.17, 15) is 4.79 Å². The topological polar surface area (TPSA) is 46.9 Å². The fraction of sp³-hybridized carbons (Fsp3) is 0.455. The number of nitrogens with one attached hydrogen (secondary N) is 1. The minimum atomic E-state index is -0.196. The van der Waals surface area contributed by atoms with E-state index in [0.717, 1.165) is 11.5 Å². The first-order valence-corrected chi connectivity index (χ1v) is 5.18. The molecule has 0 aromatic carbocycles. The lowest BCUT2D eigenvalue weighted by Gasteiger charge is -2.22. The maximum atomic E-state index is 11.1. The molecule has 1 aromatic rings. The Bertz CT molecular complexity index is 391. The third-order valence-corrected chi connectivity index (χ3v) is 2.86. The third kappa shape index (κ3) is 1.93. The first-order chi connectivity index (χ1) is 7.20. The minimum absolute atomic E-state index is 0.196. The van der Waals surface area contributed by atoms with Gasteiger partial charge >= 0.3 is 0 Å². The summed E-state index contributed by atoms with van der Waals surface area (Å²) >= 11 is 0. The summed E-state index contributed by atoms with van der Waals surface area (Å²) in [7, 11) is 1.83. The van der Waals surface area contributed by atoms with Crippen molar-refractivity contribution >= 4 is 11.7 Å². The Labute approximate surface area is 89.0 Å². The maximum absolute atomic E-state index is 11.1. The minimum Gasteiger partial charge on any atom is -0.307 e. The van der Waals surface area contributed by atoms with Crippen LogP contribution in [0.3, 0.4) is 0 Å². The van der Waals surface area contributed by atoms with Crippen LogP contribution in [0.15, 0.2) is 18.7 Å². The molecule has 1 aliphatic rings. The van der Waals surface area contributed by atoms with Crippen LogP contribution in [0, 0.1) is 0 Å². The summed E-state index contributed by atoms with van der Waals surface area (Å²) in [6.07, 6.45) is 4.98. The van der Waals surface area contributed by atoms with Gasteiger partial charge in [0.1, 0.15) is 5.82 Å². The normalized spacial score (nSPS) is 15.8. The molecule has 0 radical (unpaired) electrons. The van der Waals surface area contributed by atoms with Crippen molar-refractivity contribution in [2.24, 2.45) is 7.05 Å². The molecule has 0 aliphatic heterocycles. The van der Waals surface area contributed by atoms with Crippen molar-refractivity contribution in [2.45, 2.75) is 25.2 Å². The number of aromatic nitrogens is 2. The van der Waals surface area contributed by atoms with Gasteiger partial charge in [-0.3, -0.25) is 9.48 Å². The summed E-state index contributed by atoms with van der Waals surface area (Å²) in [5.41, 5.74) is 1.09. The monoisotopic (exact) mass is 205 g/mol. The summed E-state index contributed by atoms with van der Waals surface area (Å²) < 4.78 is 1.70. The Morgan fingerprint density at radius 2 is 2.47 bits per heavy atom. The average Bonchev–Trinajstić information content (AvgIpc) is 2.44. The Hall–Kier alpha value is -1.58. The van der Waals surface area contributed by atoms with Gasteiger partial charge < -0.3 is 5.32 Å². The molecular formula is C11H15N3O.